The van der Waals surface area contributed by atoms with Crippen molar-refractivity contribution < 1.29 is 30.0 Å². The van der Waals surface area contributed by atoms with Gasteiger partial charge < -0.3 is 30.5 Å². The molecule has 0 bridgehead atoms. The predicted octanol–water partition coefficient (Wildman–Crippen LogP) is -0.764. The van der Waals surface area contributed by atoms with E-state index in [1.165, 1.54) is 24.3 Å². The summed E-state index contributed by atoms with van der Waals surface area (Å²) in [7, 11) is 0. The Hall–Kier alpha value is -1.67. The molecule has 1 heterocycles. The second kappa shape index (κ2) is 5.54. The number of hydrogen-bond donors (Lipinski definition) is 5. The van der Waals surface area contributed by atoms with Gasteiger partial charge in [-0.2, -0.15) is 0 Å². The van der Waals surface area contributed by atoms with Gasteiger partial charge >= 0.3 is 5.97 Å². The van der Waals surface area contributed by atoms with Crippen LogP contribution in [0.1, 0.15) is 10.4 Å². The number of rotatable bonds is 3. The maximum atomic E-state index is 10.7. The van der Waals surface area contributed by atoms with E-state index in [0.29, 0.717) is 5.69 Å². The van der Waals surface area contributed by atoms with Crippen LogP contribution in [-0.4, -0.2) is 57.5 Å². The van der Waals surface area contributed by atoms with Crippen molar-refractivity contribution in [1.29, 1.82) is 0 Å². The van der Waals surface area contributed by atoms with Crippen molar-refractivity contribution >= 4 is 11.7 Å². The quantitative estimate of drug-likeness (QED) is 0.489. The lowest BCUT2D eigenvalue weighted by Crippen LogP contribution is -2.55. The Morgan fingerprint density at radius 1 is 1.16 bits per heavy atom. The molecule has 0 radical (unpaired) electrons. The van der Waals surface area contributed by atoms with Gasteiger partial charge in [0.25, 0.3) is 0 Å². The van der Waals surface area contributed by atoms with Gasteiger partial charge in [-0.1, -0.05) is 0 Å². The molecule has 1 aromatic carbocycles. The molecule has 0 amide bonds. The van der Waals surface area contributed by atoms with Crippen LogP contribution in [0.3, 0.4) is 0 Å². The highest BCUT2D eigenvalue weighted by atomic mass is 16.5. The van der Waals surface area contributed by atoms with Crippen LogP contribution in [0.4, 0.5) is 5.69 Å². The molecule has 1 aliphatic rings. The number of carboxylic acid groups (broad SMARTS) is 1. The first-order valence-corrected chi connectivity index (χ1v) is 5.74. The lowest BCUT2D eigenvalue weighted by atomic mass is 10.0. The number of anilines is 1. The normalized spacial score (nSPS) is 30.9. The molecule has 104 valence electrons. The van der Waals surface area contributed by atoms with Crippen LogP contribution < -0.4 is 5.32 Å². The summed E-state index contributed by atoms with van der Waals surface area (Å²) in [6, 6.07) is 5.87. The zero-order valence-electron chi connectivity index (χ0n) is 9.93. The minimum Gasteiger partial charge on any atom is -0.478 e. The summed E-state index contributed by atoms with van der Waals surface area (Å²) in [5.41, 5.74) is 0.684. The van der Waals surface area contributed by atoms with Crippen molar-refractivity contribution in [2.24, 2.45) is 0 Å². The van der Waals surface area contributed by atoms with E-state index in [1.807, 2.05) is 0 Å². The van der Waals surface area contributed by atoms with E-state index >= 15 is 0 Å². The summed E-state index contributed by atoms with van der Waals surface area (Å²) < 4.78 is 5.17. The molecule has 1 unspecified atom stereocenters. The smallest absolute Gasteiger partial charge is 0.335 e. The van der Waals surface area contributed by atoms with Gasteiger partial charge in [0.2, 0.25) is 0 Å². The molecule has 0 aromatic heterocycles. The first-order valence-electron chi connectivity index (χ1n) is 5.74. The lowest BCUT2D eigenvalue weighted by molar-refractivity contribution is -0.178. The van der Waals surface area contributed by atoms with E-state index in [9.17, 15) is 20.1 Å². The molecule has 19 heavy (non-hydrogen) atoms. The number of aromatic carboxylic acids is 1. The average molecular weight is 269 g/mol. The highest BCUT2D eigenvalue weighted by molar-refractivity contribution is 5.87. The standard InChI is InChI=1S/C12H15NO6/c14-8-5-19-11(10(16)9(8)15)13-7-3-1-6(2-4-7)12(17)18/h1-4,8-11,13-16H,5H2,(H,17,18)/t8-,9?,10-,11-/m1/s1. The van der Waals surface area contributed by atoms with Crippen LogP contribution in [0, 0.1) is 0 Å². The number of carboxylic acids is 1. The highest BCUT2D eigenvalue weighted by Crippen LogP contribution is 2.19. The SMILES string of the molecule is O=C(O)c1ccc(N[C@@H]2OC[C@@H](O)C(O)[C@H]2O)cc1. The van der Waals surface area contributed by atoms with E-state index in [1.54, 1.807) is 0 Å². The molecular formula is C12H15NO6. The van der Waals surface area contributed by atoms with E-state index in [2.05, 4.69) is 5.32 Å². The molecule has 2 rings (SSSR count). The van der Waals surface area contributed by atoms with Gasteiger partial charge in [-0.15, -0.1) is 0 Å². The van der Waals surface area contributed by atoms with Gasteiger partial charge in [0.15, 0.2) is 6.23 Å². The molecule has 1 aromatic rings. The van der Waals surface area contributed by atoms with Crippen LogP contribution in [-0.2, 0) is 4.74 Å². The van der Waals surface area contributed by atoms with Gasteiger partial charge in [0.05, 0.1) is 12.2 Å². The second-order valence-electron chi connectivity index (χ2n) is 4.33. The van der Waals surface area contributed by atoms with Crippen molar-refractivity contribution in [3.05, 3.63) is 29.8 Å². The summed E-state index contributed by atoms with van der Waals surface area (Å²) in [5.74, 6) is -1.03. The maximum absolute atomic E-state index is 10.7. The fourth-order valence-corrected chi connectivity index (χ4v) is 1.81. The third kappa shape index (κ3) is 3.02. The van der Waals surface area contributed by atoms with Crippen molar-refractivity contribution in [1.82, 2.24) is 0 Å². The van der Waals surface area contributed by atoms with Crippen LogP contribution in [0.25, 0.3) is 0 Å². The number of aliphatic hydroxyl groups excluding tert-OH is 3. The molecule has 0 spiro atoms. The fraction of sp³-hybridized carbons (Fsp3) is 0.417. The summed E-state index contributed by atoms with van der Waals surface area (Å²) in [6.45, 7) is -0.0941. The van der Waals surface area contributed by atoms with Gasteiger partial charge in [0.1, 0.15) is 18.3 Å². The van der Waals surface area contributed by atoms with Gasteiger partial charge in [-0.25, -0.2) is 4.79 Å². The predicted molar refractivity (Wildman–Crippen MR) is 64.8 cm³/mol. The Morgan fingerprint density at radius 3 is 2.37 bits per heavy atom. The third-order valence-corrected chi connectivity index (χ3v) is 2.94. The van der Waals surface area contributed by atoms with E-state index in [-0.39, 0.29) is 12.2 Å². The first kappa shape index (κ1) is 13.8. The molecule has 1 fully saturated rings. The van der Waals surface area contributed by atoms with Crippen molar-refractivity contribution in [3.8, 4) is 0 Å². The van der Waals surface area contributed by atoms with Gasteiger partial charge in [-0.3, -0.25) is 0 Å². The van der Waals surface area contributed by atoms with Crippen molar-refractivity contribution in [2.75, 3.05) is 11.9 Å². The maximum Gasteiger partial charge on any atom is 0.335 e. The molecule has 1 aliphatic heterocycles. The summed E-state index contributed by atoms with van der Waals surface area (Å²) in [4.78, 5) is 10.7. The van der Waals surface area contributed by atoms with Crippen molar-refractivity contribution in [2.45, 2.75) is 24.5 Å². The summed E-state index contributed by atoms with van der Waals surface area (Å²) in [5, 5.41) is 40.1. The first-order chi connectivity index (χ1) is 8.99. The summed E-state index contributed by atoms with van der Waals surface area (Å²) in [6.07, 6.45) is -4.55. The Bertz CT molecular complexity index is 448. The van der Waals surface area contributed by atoms with Gasteiger partial charge in [0, 0.05) is 5.69 Å². The van der Waals surface area contributed by atoms with Crippen molar-refractivity contribution in [3.63, 3.8) is 0 Å². The Balaban J connectivity index is 2.03. The largest absolute Gasteiger partial charge is 0.478 e. The average Bonchev–Trinajstić information content (AvgIpc) is 2.40. The van der Waals surface area contributed by atoms with Crippen LogP contribution >= 0.6 is 0 Å². The second-order valence-corrected chi connectivity index (χ2v) is 4.33. The number of aliphatic hydroxyl groups is 3. The lowest BCUT2D eigenvalue weighted by Gasteiger charge is -2.35. The fourth-order valence-electron chi connectivity index (χ4n) is 1.81. The number of nitrogens with one attached hydrogen (secondary N) is 1. The monoisotopic (exact) mass is 269 g/mol. The number of hydrogen-bond acceptors (Lipinski definition) is 6. The zero-order chi connectivity index (χ0) is 14.0. The van der Waals surface area contributed by atoms with E-state index < -0.39 is 30.5 Å². The molecule has 4 atom stereocenters. The number of carbonyl (C=O) groups is 1. The highest BCUT2D eigenvalue weighted by Gasteiger charge is 2.37. The van der Waals surface area contributed by atoms with Crippen LogP contribution in [0.2, 0.25) is 0 Å². The zero-order valence-corrected chi connectivity index (χ0v) is 9.93. The Kier molecular flexibility index (Phi) is 4.01. The van der Waals surface area contributed by atoms with Crippen LogP contribution in [0.5, 0.6) is 0 Å². The molecule has 7 heteroatoms. The summed E-state index contributed by atoms with van der Waals surface area (Å²) >= 11 is 0. The Morgan fingerprint density at radius 2 is 1.79 bits per heavy atom. The number of benzene rings is 1. The molecule has 7 nitrogen and oxygen atoms in total. The molecule has 0 saturated carbocycles. The van der Waals surface area contributed by atoms with Gasteiger partial charge in [-0.05, 0) is 24.3 Å². The third-order valence-electron chi connectivity index (χ3n) is 2.94. The minimum absolute atomic E-state index is 0.0941. The van der Waals surface area contributed by atoms with Crippen LogP contribution in [0.15, 0.2) is 24.3 Å². The molecule has 1 saturated heterocycles. The topological polar surface area (TPSA) is 119 Å². The molecule has 5 N–H and O–H groups in total. The number of ether oxygens (including phenoxy) is 1. The van der Waals surface area contributed by atoms with E-state index in [4.69, 9.17) is 9.84 Å². The van der Waals surface area contributed by atoms with E-state index in [0.717, 1.165) is 0 Å². The molecular weight excluding hydrogens is 254 g/mol. The Labute approximate surface area is 109 Å². The molecule has 0 aliphatic carbocycles. The minimum atomic E-state index is -1.29.